The molecule has 0 bridgehead atoms. The van der Waals surface area contributed by atoms with E-state index < -0.39 is 0 Å². The van der Waals surface area contributed by atoms with Gasteiger partial charge in [0.25, 0.3) is 0 Å². The van der Waals surface area contributed by atoms with Crippen molar-refractivity contribution in [3.05, 3.63) is 83.7 Å². The molecular weight excluding hydrogens is 391 g/mol. The molecule has 0 aliphatic carbocycles. The van der Waals surface area contributed by atoms with E-state index in [2.05, 4.69) is 22.2 Å². The molecule has 0 radical (unpaired) electrons. The highest BCUT2D eigenvalue weighted by Gasteiger charge is 2.08. The second-order valence-electron chi connectivity index (χ2n) is 7.37. The average molecular weight is 421 g/mol. The predicted octanol–water partition coefficient (Wildman–Crippen LogP) is 5.50. The van der Waals surface area contributed by atoms with Crippen LogP contribution in [0.5, 0.6) is 5.75 Å². The monoisotopic (exact) mass is 420 g/mol. The summed E-state index contributed by atoms with van der Waals surface area (Å²) in [5.74, 6) is 1.31. The zero-order valence-electron chi connectivity index (χ0n) is 18.5. The summed E-state index contributed by atoms with van der Waals surface area (Å²) in [6, 6.07) is 12.6. The highest BCUT2D eigenvalue weighted by Crippen LogP contribution is 2.25. The molecule has 0 saturated carbocycles. The number of rotatable bonds is 8. The van der Waals surface area contributed by atoms with Crippen LogP contribution in [0.25, 0.3) is 11.8 Å². The molecule has 0 aliphatic rings. The van der Waals surface area contributed by atoms with Crippen LogP contribution >= 0.6 is 0 Å². The first-order valence-electron chi connectivity index (χ1n) is 10.4. The second-order valence-corrected chi connectivity index (χ2v) is 7.37. The van der Waals surface area contributed by atoms with E-state index in [0.717, 1.165) is 47.1 Å². The van der Waals surface area contributed by atoms with Crippen LogP contribution in [-0.2, 0) is 0 Å². The number of hydrogen-bond donors (Lipinski definition) is 1. The van der Waals surface area contributed by atoms with Gasteiger partial charge in [0.2, 0.25) is 0 Å². The molecule has 1 unspecified atom stereocenters. The van der Waals surface area contributed by atoms with Gasteiger partial charge in [-0.15, -0.1) is 0 Å². The van der Waals surface area contributed by atoms with E-state index in [4.69, 9.17) is 4.74 Å². The number of benzene rings is 2. The van der Waals surface area contributed by atoms with E-state index in [9.17, 15) is 4.39 Å². The van der Waals surface area contributed by atoms with Crippen molar-refractivity contribution in [1.29, 1.82) is 0 Å². The summed E-state index contributed by atoms with van der Waals surface area (Å²) in [5, 5.41) is 3.42. The molecule has 1 aromatic heterocycles. The third-order valence-electron chi connectivity index (χ3n) is 4.87. The summed E-state index contributed by atoms with van der Waals surface area (Å²) in [7, 11) is 1.66. The zero-order chi connectivity index (χ0) is 22.2. The molecule has 5 nitrogen and oxygen atoms in total. The molecule has 0 fully saturated rings. The first-order chi connectivity index (χ1) is 15.0. The van der Waals surface area contributed by atoms with Crippen LogP contribution < -0.4 is 10.1 Å². The van der Waals surface area contributed by atoms with Crippen molar-refractivity contribution < 1.29 is 9.13 Å². The smallest absolute Gasteiger partial charge is 0.143 e. The third kappa shape index (κ3) is 6.04. The van der Waals surface area contributed by atoms with Gasteiger partial charge in [-0.05, 0) is 61.7 Å². The van der Waals surface area contributed by atoms with E-state index in [0.29, 0.717) is 0 Å². The molecule has 2 aromatic carbocycles. The van der Waals surface area contributed by atoms with Gasteiger partial charge in [-0.25, -0.2) is 9.37 Å². The molecule has 3 aromatic rings. The largest absolute Gasteiger partial charge is 0.495 e. The van der Waals surface area contributed by atoms with Gasteiger partial charge in [-0.1, -0.05) is 31.2 Å². The number of amidine groups is 1. The van der Waals surface area contributed by atoms with Crippen LogP contribution in [0.15, 0.2) is 66.1 Å². The molecule has 0 amide bonds. The van der Waals surface area contributed by atoms with Crippen molar-refractivity contribution in [2.75, 3.05) is 13.7 Å². The number of aromatic nitrogens is 2. The highest BCUT2D eigenvalue weighted by atomic mass is 19.1. The standard InChI is InChI=1S/C25H29FN4O/c1-5-14-27-25(29-19(3)21-8-10-22(26)11-9-21)13-7-20-6-12-23(24(15-20)31-4)30-16-18(2)28-17-30/h6-13,15-17,19H,5,14H2,1-4H3,(H,27,29)/b13-7+. The van der Waals surface area contributed by atoms with E-state index in [1.165, 1.54) is 12.1 Å². The number of imidazole rings is 1. The average Bonchev–Trinajstić information content (AvgIpc) is 3.21. The number of ether oxygens (including phenoxy) is 1. The van der Waals surface area contributed by atoms with Crippen molar-refractivity contribution in [3.63, 3.8) is 0 Å². The Hall–Kier alpha value is -3.41. The van der Waals surface area contributed by atoms with Gasteiger partial charge >= 0.3 is 0 Å². The molecule has 6 heteroatoms. The molecule has 1 atom stereocenters. The molecule has 1 N–H and O–H groups in total. The van der Waals surface area contributed by atoms with E-state index in [1.807, 2.05) is 55.0 Å². The van der Waals surface area contributed by atoms with Gasteiger partial charge in [0.15, 0.2) is 0 Å². The molecule has 162 valence electrons. The summed E-state index contributed by atoms with van der Waals surface area (Å²) in [6.45, 7) is 6.81. The normalized spacial score (nSPS) is 12.9. The number of methoxy groups -OCH3 is 1. The van der Waals surface area contributed by atoms with E-state index in [-0.39, 0.29) is 11.9 Å². The predicted molar refractivity (Wildman–Crippen MR) is 124 cm³/mol. The third-order valence-corrected chi connectivity index (χ3v) is 4.87. The second kappa shape index (κ2) is 10.6. The van der Waals surface area contributed by atoms with Gasteiger partial charge in [-0.2, -0.15) is 0 Å². The molecule has 0 spiro atoms. The Bertz CT molecular complexity index is 1050. The molecule has 0 saturated heterocycles. The fourth-order valence-electron chi connectivity index (χ4n) is 3.17. The Morgan fingerprint density at radius 3 is 2.68 bits per heavy atom. The summed E-state index contributed by atoms with van der Waals surface area (Å²) < 4.78 is 20.8. The number of aryl methyl sites for hydroxylation is 1. The van der Waals surface area contributed by atoms with Crippen LogP contribution in [0.2, 0.25) is 0 Å². The van der Waals surface area contributed by atoms with Crippen LogP contribution in [0.4, 0.5) is 4.39 Å². The van der Waals surface area contributed by atoms with Gasteiger partial charge < -0.3 is 14.6 Å². The lowest BCUT2D eigenvalue weighted by molar-refractivity contribution is 0.413. The van der Waals surface area contributed by atoms with Crippen molar-refractivity contribution in [1.82, 2.24) is 14.9 Å². The maximum Gasteiger partial charge on any atom is 0.143 e. The van der Waals surface area contributed by atoms with Crippen LogP contribution in [0, 0.1) is 12.7 Å². The Morgan fingerprint density at radius 2 is 2.03 bits per heavy atom. The van der Waals surface area contributed by atoms with Crippen LogP contribution in [0.1, 0.15) is 43.1 Å². The van der Waals surface area contributed by atoms with Crippen molar-refractivity contribution in [2.24, 2.45) is 4.99 Å². The van der Waals surface area contributed by atoms with Gasteiger partial charge in [0.05, 0.1) is 24.8 Å². The Balaban J connectivity index is 1.79. The molecule has 3 rings (SSSR count). The van der Waals surface area contributed by atoms with Gasteiger partial charge in [-0.3, -0.25) is 4.99 Å². The number of halogens is 1. The molecule has 31 heavy (non-hydrogen) atoms. The highest BCUT2D eigenvalue weighted by molar-refractivity contribution is 5.96. The number of nitrogens with zero attached hydrogens (tertiary/aromatic N) is 3. The first-order valence-corrected chi connectivity index (χ1v) is 10.4. The lowest BCUT2D eigenvalue weighted by atomic mass is 10.1. The summed E-state index contributed by atoms with van der Waals surface area (Å²) in [4.78, 5) is 8.94. The fourth-order valence-corrected chi connectivity index (χ4v) is 3.17. The van der Waals surface area contributed by atoms with Crippen molar-refractivity contribution in [2.45, 2.75) is 33.2 Å². The lowest BCUT2D eigenvalue weighted by Gasteiger charge is -2.16. The summed E-state index contributed by atoms with van der Waals surface area (Å²) in [6.07, 6.45) is 8.66. The minimum absolute atomic E-state index is 0.00208. The SMILES string of the molecule is CCCN=C(/C=C/c1ccc(-n2cnc(C)c2)c(OC)c1)NC(C)c1ccc(F)cc1. The van der Waals surface area contributed by atoms with Gasteiger partial charge in [0.1, 0.15) is 17.4 Å². The minimum atomic E-state index is -0.237. The maximum absolute atomic E-state index is 13.2. The number of hydrogen-bond acceptors (Lipinski definition) is 3. The maximum atomic E-state index is 13.2. The lowest BCUT2D eigenvalue weighted by Crippen LogP contribution is -2.25. The topological polar surface area (TPSA) is 51.4 Å². The van der Waals surface area contributed by atoms with E-state index in [1.54, 1.807) is 25.6 Å². The molecular formula is C25H29FN4O. The number of nitrogens with one attached hydrogen (secondary N) is 1. The van der Waals surface area contributed by atoms with Crippen molar-refractivity contribution >= 4 is 11.9 Å². The quantitative estimate of drug-likeness (QED) is 0.387. The summed E-state index contributed by atoms with van der Waals surface area (Å²) in [5.41, 5.74) is 3.88. The minimum Gasteiger partial charge on any atom is -0.495 e. The molecule has 1 heterocycles. The van der Waals surface area contributed by atoms with Gasteiger partial charge in [0, 0.05) is 18.8 Å². The molecule has 0 aliphatic heterocycles. The van der Waals surface area contributed by atoms with Crippen molar-refractivity contribution in [3.8, 4) is 11.4 Å². The van der Waals surface area contributed by atoms with Crippen LogP contribution in [0.3, 0.4) is 0 Å². The Labute approximate surface area is 183 Å². The van der Waals surface area contributed by atoms with E-state index >= 15 is 0 Å². The fraction of sp³-hybridized carbons (Fsp3) is 0.280. The van der Waals surface area contributed by atoms with Crippen LogP contribution in [-0.4, -0.2) is 29.0 Å². The summed E-state index contributed by atoms with van der Waals surface area (Å²) >= 11 is 0. The first kappa shape index (κ1) is 22.3. The Morgan fingerprint density at radius 1 is 1.26 bits per heavy atom. The zero-order valence-corrected chi connectivity index (χ0v) is 18.5. The Kier molecular flexibility index (Phi) is 7.60. The number of aliphatic imine (C=N–C) groups is 1.